The van der Waals surface area contributed by atoms with Gasteiger partial charge in [0.1, 0.15) is 36.6 Å². The maximum absolute atomic E-state index is 12.8. The largest absolute Gasteiger partial charge is 0.456 e. The summed E-state index contributed by atoms with van der Waals surface area (Å²) in [5.41, 5.74) is 3.91. The van der Waals surface area contributed by atoms with E-state index in [2.05, 4.69) is 10.6 Å². The van der Waals surface area contributed by atoms with Crippen LogP contribution in [0.2, 0.25) is 0 Å². The molecule has 6 unspecified atom stereocenters. The number of hydrogen-bond acceptors (Lipinski definition) is 12. The van der Waals surface area contributed by atoms with E-state index in [9.17, 15) is 39.3 Å². The van der Waals surface area contributed by atoms with E-state index < -0.39 is 84.0 Å². The van der Waals surface area contributed by atoms with E-state index in [-0.39, 0.29) is 5.91 Å². The van der Waals surface area contributed by atoms with E-state index in [1.165, 1.54) is 7.11 Å². The van der Waals surface area contributed by atoms with E-state index in [1.54, 1.807) is 0 Å². The smallest absolute Gasteiger partial charge is 0.330 e. The average Bonchev–Trinajstić information content (AvgIpc) is 3.08. The normalized spacial score (nSPS) is 33.2. The summed E-state index contributed by atoms with van der Waals surface area (Å²) in [6.07, 6.45) is -9.13. The Morgan fingerprint density at radius 3 is 2.62 bits per heavy atom. The number of nitrogens with one attached hydrogen (secondary N) is 3. The molecule has 0 radical (unpaired) electrons. The second kappa shape index (κ2) is 12.3. The van der Waals surface area contributed by atoms with Gasteiger partial charge < -0.3 is 50.6 Å². The number of amides is 3. The Morgan fingerprint density at radius 1 is 1.20 bits per heavy atom. The molecule has 0 saturated carbocycles. The molecule has 1 aromatic heterocycles. The number of aliphatic hydroxyl groups is 3. The summed E-state index contributed by atoms with van der Waals surface area (Å²) in [6.45, 7) is 0.470. The second-order valence-electron chi connectivity index (χ2n) is 9.47. The van der Waals surface area contributed by atoms with Gasteiger partial charge in [-0.3, -0.25) is 28.7 Å². The van der Waals surface area contributed by atoms with Crippen molar-refractivity contribution in [1.82, 2.24) is 20.2 Å². The average molecular weight is 570 g/mol. The lowest BCUT2D eigenvalue weighted by Crippen LogP contribution is -2.54. The van der Waals surface area contributed by atoms with Gasteiger partial charge in [0.2, 0.25) is 18.1 Å². The van der Waals surface area contributed by atoms with Gasteiger partial charge in [-0.15, -0.1) is 0 Å². The van der Waals surface area contributed by atoms with Gasteiger partial charge in [0.15, 0.2) is 18.1 Å². The van der Waals surface area contributed by atoms with E-state index >= 15 is 0 Å². The Labute approximate surface area is 225 Å². The number of rotatable bonds is 8. The number of aromatic amines is 1. The van der Waals surface area contributed by atoms with Crippen LogP contribution in [-0.4, -0.2) is 105 Å². The third-order valence-electron chi connectivity index (χ3n) is 6.76. The molecule has 2 fully saturated rings. The molecule has 3 aliphatic heterocycles. The summed E-state index contributed by atoms with van der Waals surface area (Å²) in [5.74, 6) is -2.91. The van der Waals surface area contributed by atoms with Gasteiger partial charge in [-0.2, -0.15) is 0 Å². The molecule has 4 rings (SSSR count). The van der Waals surface area contributed by atoms with Crippen LogP contribution in [-0.2, 0) is 33.3 Å². The zero-order valence-electron chi connectivity index (χ0n) is 21.3. The van der Waals surface area contributed by atoms with Gasteiger partial charge in [0.05, 0.1) is 0 Å². The van der Waals surface area contributed by atoms with Crippen molar-refractivity contribution in [3.05, 3.63) is 44.9 Å². The van der Waals surface area contributed by atoms with Crippen LogP contribution >= 0.6 is 0 Å². The molecule has 0 aliphatic carbocycles. The topological polar surface area (TPSA) is 254 Å². The number of nitrogens with two attached hydrogens (primary N) is 1. The van der Waals surface area contributed by atoms with Crippen molar-refractivity contribution in [3.8, 4) is 0 Å². The number of carbonyl (C=O) groups is 3. The number of hydrogen-bond donors (Lipinski definition) is 7. The minimum atomic E-state index is -1.84. The lowest BCUT2D eigenvalue weighted by Gasteiger charge is -2.35. The van der Waals surface area contributed by atoms with Crippen molar-refractivity contribution < 1.29 is 48.7 Å². The number of carbonyl (C=O) groups excluding carboxylic acids is 3. The number of primary amides is 1. The predicted molar refractivity (Wildman–Crippen MR) is 130 cm³/mol. The Morgan fingerprint density at radius 2 is 1.95 bits per heavy atom. The van der Waals surface area contributed by atoms with E-state index in [0.29, 0.717) is 19.4 Å². The molecule has 220 valence electrons. The fourth-order valence-electron chi connectivity index (χ4n) is 4.69. The SMILES string of the molecule is COC1C(O)[C@H](n2ccc(=O)[nH]c2=O)O[C@@H]1C(O[C@H]1OC(C(=O)NC2CCCCNC2=O)=CC(O)C1O)C(N)=O. The Balaban J connectivity index is 1.52. The first-order chi connectivity index (χ1) is 19.0. The standard InChI is InChI=1S/C23H31N5O12/c1-37-15-14(32)21(28-7-5-12(30)27-23(28)36)39-16(15)17(18(24)33)40-22-13(31)10(29)8-11(38-22)20(35)26-9-4-2-3-6-25-19(9)34/h5,7-10,13-17,21-22,29,31-32H,2-4,6H2,1H3,(H2,24,33)(H,25,34)(H,26,35)(H,27,30,36)/t9?,10?,13?,14?,15?,16-,17?,21+,22+/m0/s1. The molecule has 8 N–H and O–H groups in total. The number of ether oxygens (including phenoxy) is 4. The first-order valence-corrected chi connectivity index (χ1v) is 12.5. The highest BCUT2D eigenvalue weighted by Crippen LogP contribution is 2.34. The quantitative estimate of drug-likeness (QED) is 0.156. The van der Waals surface area contributed by atoms with E-state index in [0.717, 1.165) is 29.3 Å². The van der Waals surface area contributed by atoms with Crippen LogP contribution in [0.5, 0.6) is 0 Å². The van der Waals surface area contributed by atoms with Crippen LogP contribution in [0.15, 0.2) is 33.7 Å². The molecule has 1 aromatic rings. The maximum atomic E-state index is 12.8. The molecule has 17 heteroatoms. The summed E-state index contributed by atoms with van der Waals surface area (Å²) >= 11 is 0. The highest BCUT2D eigenvalue weighted by molar-refractivity contribution is 5.95. The summed E-state index contributed by atoms with van der Waals surface area (Å²) in [5, 5.41) is 36.8. The second-order valence-corrected chi connectivity index (χ2v) is 9.47. The lowest BCUT2D eigenvalue weighted by atomic mass is 10.0. The van der Waals surface area contributed by atoms with Crippen molar-refractivity contribution in [2.75, 3.05) is 13.7 Å². The maximum Gasteiger partial charge on any atom is 0.330 e. The number of aliphatic hydroxyl groups excluding tert-OH is 3. The fraction of sp³-hybridized carbons (Fsp3) is 0.609. The third-order valence-corrected chi connectivity index (χ3v) is 6.76. The molecular formula is C23H31N5O12. The van der Waals surface area contributed by atoms with Crippen LogP contribution < -0.4 is 27.6 Å². The van der Waals surface area contributed by atoms with Crippen LogP contribution in [0, 0.1) is 0 Å². The van der Waals surface area contributed by atoms with Gasteiger partial charge in [0, 0.05) is 25.9 Å². The van der Waals surface area contributed by atoms with E-state index in [4.69, 9.17) is 24.7 Å². The predicted octanol–water partition coefficient (Wildman–Crippen LogP) is -4.57. The monoisotopic (exact) mass is 569 g/mol. The third kappa shape index (κ3) is 6.08. The highest BCUT2D eigenvalue weighted by atomic mass is 16.7. The zero-order valence-corrected chi connectivity index (χ0v) is 21.3. The van der Waals surface area contributed by atoms with Crippen molar-refractivity contribution in [2.24, 2.45) is 5.73 Å². The molecule has 3 amide bonds. The van der Waals surface area contributed by atoms with Crippen LogP contribution in [0.4, 0.5) is 0 Å². The van der Waals surface area contributed by atoms with Gasteiger partial charge in [-0.05, 0) is 25.3 Å². The molecule has 17 nitrogen and oxygen atoms in total. The minimum absolute atomic E-state index is 0.374. The summed E-state index contributed by atoms with van der Waals surface area (Å²) in [4.78, 5) is 63.2. The van der Waals surface area contributed by atoms with Crippen molar-refractivity contribution in [1.29, 1.82) is 0 Å². The number of methoxy groups -OCH3 is 1. The first kappa shape index (κ1) is 29.4. The summed E-state index contributed by atoms with van der Waals surface area (Å²) < 4.78 is 22.9. The zero-order chi connectivity index (χ0) is 29.1. The van der Waals surface area contributed by atoms with Crippen LogP contribution in [0.3, 0.4) is 0 Å². The number of aromatic nitrogens is 2. The van der Waals surface area contributed by atoms with Crippen molar-refractivity contribution >= 4 is 17.7 Å². The molecule has 3 aliphatic rings. The Hall–Kier alpha value is -3.61. The molecule has 2 saturated heterocycles. The molecule has 4 heterocycles. The van der Waals surface area contributed by atoms with E-state index in [1.807, 2.05) is 4.98 Å². The van der Waals surface area contributed by atoms with Crippen LogP contribution in [0.1, 0.15) is 25.5 Å². The van der Waals surface area contributed by atoms with Gasteiger partial charge in [-0.25, -0.2) is 4.79 Å². The first-order valence-electron chi connectivity index (χ1n) is 12.5. The number of nitrogens with zero attached hydrogens (tertiary/aromatic N) is 1. The minimum Gasteiger partial charge on any atom is -0.456 e. The number of H-pyrrole nitrogens is 1. The molecule has 0 aromatic carbocycles. The molecule has 0 spiro atoms. The summed E-state index contributed by atoms with van der Waals surface area (Å²) in [7, 11) is 1.19. The van der Waals surface area contributed by atoms with Crippen molar-refractivity contribution in [2.45, 2.75) is 74.4 Å². The van der Waals surface area contributed by atoms with Gasteiger partial charge in [-0.1, -0.05) is 0 Å². The Bertz CT molecular complexity index is 1260. The van der Waals surface area contributed by atoms with Gasteiger partial charge >= 0.3 is 5.69 Å². The molecule has 40 heavy (non-hydrogen) atoms. The van der Waals surface area contributed by atoms with Gasteiger partial charge in [0.25, 0.3) is 11.5 Å². The lowest BCUT2D eigenvalue weighted by molar-refractivity contribution is -0.241. The van der Waals surface area contributed by atoms with Crippen molar-refractivity contribution in [3.63, 3.8) is 0 Å². The molecular weight excluding hydrogens is 538 g/mol. The fourth-order valence-corrected chi connectivity index (χ4v) is 4.69. The molecule has 0 bridgehead atoms. The summed E-state index contributed by atoms with van der Waals surface area (Å²) in [6, 6.07) is 0.158. The molecule has 9 atom stereocenters. The Kier molecular flexibility index (Phi) is 9.02. The highest BCUT2D eigenvalue weighted by Gasteiger charge is 2.52. The van der Waals surface area contributed by atoms with Crippen LogP contribution in [0.25, 0.3) is 0 Å².